The number of carbonyl (C=O) groups is 1. The van der Waals surface area contributed by atoms with Gasteiger partial charge in [-0.25, -0.2) is 4.79 Å². The third kappa shape index (κ3) is 2.51. The lowest BCUT2D eigenvalue weighted by molar-refractivity contribution is -0.402. The van der Waals surface area contributed by atoms with Crippen LogP contribution in [0.4, 0.5) is 5.88 Å². The second-order valence-electron chi connectivity index (χ2n) is 3.66. The molecule has 19 heavy (non-hydrogen) atoms. The number of carboxylic acids is 1. The predicted octanol–water partition coefficient (Wildman–Crippen LogP) is 1.10. The van der Waals surface area contributed by atoms with Crippen LogP contribution in [0.3, 0.4) is 0 Å². The number of carboxylic acid groups (broad SMARTS) is 1. The average molecular weight is 264 g/mol. The van der Waals surface area contributed by atoms with E-state index in [2.05, 4.69) is 0 Å². The van der Waals surface area contributed by atoms with Gasteiger partial charge in [-0.2, -0.15) is 0 Å². The van der Waals surface area contributed by atoms with Crippen LogP contribution in [0.25, 0.3) is 0 Å². The SMILES string of the molecule is O=C(O)c1cccn(Cc2ccc([N+](=O)[O-])o2)c1=O. The summed E-state index contributed by atoms with van der Waals surface area (Å²) in [6.07, 6.45) is 1.38. The summed E-state index contributed by atoms with van der Waals surface area (Å²) in [6.45, 7) is -0.0756. The minimum atomic E-state index is -1.33. The Labute approximate surface area is 105 Å². The quantitative estimate of drug-likeness (QED) is 0.652. The molecule has 0 aromatic carbocycles. The minimum Gasteiger partial charge on any atom is -0.477 e. The topological polar surface area (TPSA) is 116 Å². The number of hydrogen-bond donors (Lipinski definition) is 1. The lowest BCUT2D eigenvalue weighted by Crippen LogP contribution is -2.25. The second-order valence-corrected chi connectivity index (χ2v) is 3.66. The van der Waals surface area contributed by atoms with Crippen molar-refractivity contribution in [2.75, 3.05) is 0 Å². The van der Waals surface area contributed by atoms with Gasteiger partial charge in [-0.05, 0) is 18.2 Å². The van der Waals surface area contributed by atoms with Crippen LogP contribution in [0.2, 0.25) is 0 Å². The smallest absolute Gasteiger partial charge is 0.433 e. The molecule has 0 bridgehead atoms. The highest BCUT2D eigenvalue weighted by atomic mass is 16.6. The van der Waals surface area contributed by atoms with Crippen molar-refractivity contribution in [2.45, 2.75) is 6.54 Å². The molecule has 0 fully saturated rings. The highest BCUT2D eigenvalue weighted by Crippen LogP contribution is 2.16. The van der Waals surface area contributed by atoms with E-state index in [1.54, 1.807) is 0 Å². The Morgan fingerprint density at radius 3 is 2.74 bits per heavy atom. The zero-order chi connectivity index (χ0) is 14.0. The molecule has 98 valence electrons. The summed E-state index contributed by atoms with van der Waals surface area (Å²) in [6, 6.07) is 5.12. The van der Waals surface area contributed by atoms with Crippen LogP contribution in [-0.4, -0.2) is 20.6 Å². The number of aromatic carboxylic acids is 1. The number of rotatable bonds is 4. The predicted molar refractivity (Wildman–Crippen MR) is 62.1 cm³/mol. The maximum Gasteiger partial charge on any atom is 0.433 e. The van der Waals surface area contributed by atoms with Crippen LogP contribution < -0.4 is 5.56 Å². The van der Waals surface area contributed by atoms with Crippen molar-refractivity contribution in [3.05, 3.63) is 62.3 Å². The highest BCUT2D eigenvalue weighted by molar-refractivity contribution is 5.86. The fraction of sp³-hybridized carbons (Fsp3) is 0.0909. The van der Waals surface area contributed by atoms with Crippen molar-refractivity contribution in [3.8, 4) is 0 Å². The number of nitrogens with zero attached hydrogens (tertiary/aromatic N) is 2. The summed E-state index contributed by atoms with van der Waals surface area (Å²) in [5, 5.41) is 19.2. The molecule has 0 aliphatic rings. The number of pyridine rings is 1. The van der Waals surface area contributed by atoms with E-state index in [-0.39, 0.29) is 17.9 Å². The lowest BCUT2D eigenvalue weighted by atomic mass is 10.3. The Bertz CT molecular complexity index is 699. The van der Waals surface area contributed by atoms with Crippen molar-refractivity contribution in [3.63, 3.8) is 0 Å². The second kappa shape index (κ2) is 4.77. The summed E-state index contributed by atoms with van der Waals surface area (Å²) < 4.78 is 6.00. The van der Waals surface area contributed by atoms with E-state index in [1.807, 2.05) is 0 Å². The monoisotopic (exact) mass is 264 g/mol. The molecule has 0 saturated heterocycles. The van der Waals surface area contributed by atoms with Gasteiger partial charge in [0, 0.05) is 6.20 Å². The van der Waals surface area contributed by atoms with Crippen LogP contribution in [-0.2, 0) is 6.54 Å². The van der Waals surface area contributed by atoms with Gasteiger partial charge in [-0.3, -0.25) is 14.9 Å². The van der Waals surface area contributed by atoms with E-state index in [0.29, 0.717) is 0 Å². The first-order chi connectivity index (χ1) is 8.99. The third-order valence-electron chi connectivity index (χ3n) is 2.40. The fourth-order valence-electron chi connectivity index (χ4n) is 1.54. The average Bonchev–Trinajstić information content (AvgIpc) is 2.80. The Hall–Kier alpha value is -2.90. The summed E-state index contributed by atoms with van der Waals surface area (Å²) in [7, 11) is 0. The first kappa shape index (κ1) is 12.6. The largest absolute Gasteiger partial charge is 0.477 e. The van der Waals surface area contributed by atoms with E-state index >= 15 is 0 Å². The molecule has 8 heteroatoms. The highest BCUT2D eigenvalue weighted by Gasteiger charge is 2.14. The van der Waals surface area contributed by atoms with Crippen LogP contribution in [0.5, 0.6) is 0 Å². The molecule has 2 heterocycles. The van der Waals surface area contributed by atoms with Gasteiger partial charge >= 0.3 is 11.9 Å². The molecule has 0 spiro atoms. The number of nitro groups is 1. The Morgan fingerprint density at radius 1 is 1.42 bits per heavy atom. The molecule has 0 radical (unpaired) electrons. The first-order valence-corrected chi connectivity index (χ1v) is 5.15. The Kier molecular flexibility index (Phi) is 3.15. The van der Waals surface area contributed by atoms with E-state index < -0.39 is 22.3 Å². The molecule has 8 nitrogen and oxygen atoms in total. The molecule has 0 atom stereocenters. The van der Waals surface area contributed by atoms with Gasteiger partial charge in [-0.15, -0.1) is 0 Å². The van der Waals surface area contributed by atoms with E-state index in [4.69, 9.17) is 9.52 Å². The molecule has 0 saturated carbocycles. The molecule has 0 aliphatic carbocycles. The van der Waals surface area contributed by atoms with E-state index in [9.17, 15) is 19.7 Å². The van der Waals surface area contributed by atoms with Crippen molar-refractivity contribution in [1.29, 1.82) is 0 Å². The minimum absolute atomic E-state index is 0.0756. The zero-order valence-electron chi connectivity index (χ0n) is 9.48. The molecule has 1 N–H and O–H groups in total. The maximum absolute atomic E-state index is 11.8. The molecule has 2 aromatic heterocycles. The van der Waals surface area contributed by atoms with Crippen molar-refractivity contribution < 1.29 is 19.2 Å². The van der Waals surface area contributed by atoms with Gasteiger partial charge < -0.3 is 14.1 Å². The summed E-state index contributed by atoms with van der Waals surface area (Å²) in [5.74, 6) is -1.57. The van der Waals surface area contributed by atoms with E-state index in [1.165, 1.54) is 30.5 Å². The molecular weight excluding hydrogens is 256 g/mol. The van der Waals surface area contributed by atoms with Crippen LogP contribution in [0.15, 0.2) is 39.7 Å². The molecule has 0 unspecified atom stereocenters. The summed E-state index contributed by atoms with van der Waals surface area (Å²) >= 11 is 0. The maximum atomic E-state index is 11.8. The van der Waals surface area contributed by atoms with Gasteiger partial charge in [-0.1, -0.05) is 0 Å². The summed E-state index contributed by atoms with van der Waals surface area (Å²) in [4.78, 5) is 32.3. The normalized spacial score (nSPS) is 10.3. The number of aromatic nitrogens is 1. The Morgan fingerprint density at radius 2 is 2.16 bits per heavy atom. The molecular formula is C11H8N2O6. The van der Waals surface area contributed by atoms with Gasteiger partial charge in [0.25, 0.3) is 5.56 Å². The summed E-state index contributed by atoms with van der Waals surface area (Å²) in [5.41, 5.74) is -1.07. The number of hydrogen-bond acceptors (Lipinski definition) is 5. The van der Waals surface area contributed by atoms with Gasteiger partial charge in [0.15, 0.2) is 0 Å². The van der Waals surface area contributed by atoms with Gasteiger partial charge in [0.1, 0.15) is 16.2 Å². The van der Waals surface area contributed by atoms with Gasteiger partial charge in [0.2, 0.25) is 0 Å². The Balaban J connectivity index is 2.33. The number of furan rings is 1. The molecule has 2 rings (SSSR count). The molecule has 0 aliphatic heterocycles. The van der Waals surface area contributed by atoms with Gasteiger partial charge in [0.05, 0.1) is 12.6 Å². The molecule has 2 aromatic rings. The van der Waals surface area contributed by atoms with Crippen LogP contribution in [0.1, 0.15) is 16.1 Å². The zero-order valence-corrected chi connectivity index (χ0v) is 9.48. The fourth-order valence-corrected chi connectivity index (χ4v) is 1.54. The van der Waals surface area contributed by atoms with E-state index in [0.717, 1.165) is 4.57 Å². The van der Waals surface area contributed by atoms with Crippen molar-refractivity contribution in [1.82, 2.24) is 4.57 Å². The standard InChI is InChI=1S/C11H8N2O6/c14-10-8(11(15)16)2-1-5-12(10)6-7-3-4-9(19-7)13(17)18/h1-5H,6H2,(H,15,16). The van der Waals surface area contributed by atoms with Crippen LogP contribution in [0, 0.1) is 10.1 Å². The van der Waals surface area contributed by atoms with Crippen molar-refractivity contribution in [2.24, 2.45) is 0 Å². The first-order valence-electron chi connectivity index (χ1n) is 5.15. The lowest BCUT2D eigenvalue weighted by Gasteiger charge is -2.03. The third-order valence-corrected chi connectivity index (χ3v) is 2.40. The van der Waals surface area contributed by atoms with Crippen molar-refractivity contribution >= 4 is 11.9 Å². The molecule has 0 amide bonds. The van der Waals surface area contributed by atoms with Crippen LogP contribution >= 0.6 is 0 Å².